The van der Waals surface area contributed by atoms with Crippen molar-refractivity contribution >= 4 is 27.5 Å². The smallest absolute Gasteiger partial charge is 0.304 e. The van der Waals surface area contributed by atoms with Gasteiger partial charge in [-0.3, -0.25) is 4.79 Å². The average Bonchev–Trinajstić information content (AvgIpc) is 2.77. The first-order valence-electron chi connectivity index (χ1n) is 10.3. The fourth-order valence-electron chi connectivity index (χ4n) is 3.47. The second-order valence-corrected chi connectivity index (χ2v) is 9.83. The van der Waals surface area contributed by atoms with E-state index in [1.165, 1.54) is 51.2 Å². The van der Waals surface area contributed by atoms with Crippen LogP contribution in [-0.2, 0) is 21.5 Å². The van der Waals surface area contributed by atoms with Gasteiger partial charge in [0.1, 0.15) is 12.4 Å². The van der Waals surface area contributed by atoms with Crippen LogP contribution in [0.15, 0.2) is 48.5 Å². The second kappa shape index (κ2) is 10.1. The largest absolute Gasteiger partial charge is 0.372 e. The summed E-state index contributed by atoms with van der Waals surface area (Å²) < 4.78 is 40.6. The maximum atomic E-state index is 13.3. The molecule has 3 rings (SSSR count). The Bertz CT molecular complexity index is 973. The standard InChI is InChI=1S/C22H29FN4O3S/c1-25(2)31(29,30)27(21-12-8-19(23)9-13-21)17-22(28)24-16-18-6-10-20(11-7-18)26-14-4-3-5-15-26/h6-13H,3-5,14-17H2,1-2H3,(H,24,28). The highest BCUT2D eigenvalue weighted by Crippen LogP contribution is 2.21. The Morgan fingerprint density at radius 1 is 1.00 bits per heavy atom. The molecular formula is C22H29FN4O3S. The summed E-state index contributed by atoms with van der Waals surface area (Å²) in [6.07, 6.45) is 3.69. The molecule has 0 radical (unpaired) electrons. The molecule has 0 saturated carbocycles. The number of hydrogen-bond donors (Lipinski definition) is 1. The van der Waals surface area contributed by atoms with Crippen LogP contribution in [0.2, 0.25) is 0 Å². The zero-order valence-corrected chi connectivity index (χ0v) is 18.7. The summed E-state index contributed by atoms with van der Waals surface area (Å²) in [5, 5.41) is 2.77. The van der Waals surface area contributed by atoms with Crippen LogP contribution in [-0.4, -0.2) is 52.4 Å². The number of hydrogen-bond acceptors (Lipinski definition) is 4. The molecule has 0 spiro atoms. The summed E-state index contributed by atoms with van der Waals surface area (Å²) in [5.41, 5.74) is 2.32. The lowest BCUT2D eigenvalue weighted by molar-refractivity contribution is -0.119. The van der Waals surface area contributed by atoms with E-state index in [0.29, 0.717) is 6.54 Å². The normalized spacial score (nSPS) is 14.5. The number of carbonyl (C=O) groups excluding carboxylic acids is 1. The van der Waals surface area contributed by atoms with Gasteiger partial charge in [-0.2, -0.15) is 12.7 Å². The molecule has 0 unspecified atom stereocenters. The fourth-order valence-corrected chi connectivity index (χ4v) is 4.54. The van der Waals surface area contributed by atoms with Gasteiger partial charge in [0.15, 0.2) is 0 Å². The van der Waals surface area contributed by atoms with Crippen molar-refractivity contribution in [1.82, 2.24) is 9.62 Å². The van der Waals surface area contributed by atoms with E-state index in [0.717, 1.165) is 39.4 Å². The van der Waals surface area contributed by atoms with E-state index in [1.54, 1.807) is 0 Å². The highest BCUT2D eigenvalue weighted by molar-refractivity contribution is 7.90. The number of benzene rings is 2. The predicted octanol–water partition coefficient (Wildman–Crippen LogP) is 2.75. The number of nitrogens with zero attached hydrogens (tertiary/aromatic N) is 3. The van der Waals surface area contributed by atoms with Crippen molar-refractivity contribution < 1.29 is 17.6 Å². The van der Waals surface area contributed by atoms with Crippen LogP contribution in [0.4, 0.5) is 15.8 Å². The van der Waals surface area contributed by atoms with Gasteiger partial charge in [0.2, 0.25) is 5.91 Å². The van der Waals surface area contributed by atoms with Crippen molar-refractivity contribution in [3.05, 3.63) is 59.9 Å². The van der Waals surface area contributed by atoms with Gasteiger partial charge in [-0.1, -0.05) is 12.1 Å². The molecule has 1 fully saturated rings. The van der Waals surface area contributed by atoms with Gasteiger partial charge in [-0.05, 0) is 61.2 Å². The highest BCUT2D eigenvalue weighted by Gasteiger charge is 2.27. The maximum absolute atomic E-state index is 13.3. The van der Waals surface area contributed by atoms with Crippen molar-refractivity contribution in [2.24, 2.45) is 0 Å². The number of carbonyl (C=O) groups is 1. The van der Waals surface area contributed by atoms with Crippen LogP contribution >= 0.6 is 0 Å². The van der Waals surface area contributed by atoms with E-state index in [9.17, 15) is 17.6 Å². The van der Waals surface area contributed by atoms with Crippen LogP contribution < -0.4 is 14.5 Å². The first-order valence-corrected chi connectivity index (χ1v) is 11.7. The lowest BCUT2D eigenvalue weighted by Gasteiger charge is -2.29. The van der Waals surface area contributed by atoms with Crippen molar-refractivity contribution in [3.8, 4) is 0 Å². The Hall–Kier alpha value is -2.65. The monoisotopic (exact) mass is 448 g/mol. The Balaban J connectivity index is 1.63. The minimum Gasteiger partial charge on any atom is -0.372 e. The van der Waals surface area contributed by atoms with Gasteiger partial charge in [0.25, 0.3) is 0 Å². The number of amides is 1. The third-order valence-electron chi connectivity index (χ3n) is 5.29. The molecular weight excluding hydrogens is 419 g/mol. The predicted molar refractivity (Wildman–Crippen MR) is 121 cm³/mol. The van der Waals surface area contributed by atoms with Crippen molar-refractivity contribution in [2.75, 3.05) is 42.9 Å². The Morgan fingerprint density at radius 3 is 2.19 bits per heavy atom. The molecule has 2 aromatic carbocycles. The summed E-state index contributed by atoms with van der Waals surface area (Å²) in [5.74, 6) is -0.932. The topological polar surface area (TPSA) is 73.0 Å². The van der Waals surface area contributed by atoms with E-state index < -0.39 is 28.5 Å². The third kappa shape index (κ3) is 5.95. The van der Waals surface area contributed by atoms with E-state index in [1.807, 2.05) is 24.3 Å². The lowest BCUT2D eigenvalue weighted by atomic mass is 10.1. The summed E-state index contributed by atoms with van der Waals surface area (Å²) in [7, 11) is -1.16. The van der Waals surface area contributed by atoms with Gasteiger partial charge in [-0.25, -0.2) is 8.70 Å². The van der Waals surface area contributed by atoms with Gasteiger partial charge < -0.3 is 10.2 Å². The van der Waals surface area contributed by atoms with Gasteiger partial charge in [0.05, 0.1) is 5.69 Å². The summed E-state index contributed by atoms with van der Waals surface area (Å²) in [4.78, 5) is 14.9. The third-order valence-corrected chi connectivity index (χ3v) is 7.11. The molecule has 1 aliphatic rings. The van der Waals surface area contributed by atoms with Crippen LogP contribution in [0.1, 0.15) is 24.8 Å². The molecule has 0 aliphatic carbocycles. The van der Waals surface area contributed by atoms with Gasteiger partial charge in [-0.15, -0.1) is 0 Å². The van der Waals surface area contributed by atoms with E-state index in [2.05, 4.69) is 10.2 Å². The maximum Gasteiger partial charge on any atom is 0.304 e. The minimum absolute atomic E-state index is 0.219. The summed E-state index contributed by atoms with van der Waals surface area (Å²) in [6.45, 7) is 2.02. The van der Waals surface area contributed by atoms with Crippen LogP contribution in [0.3, 0.4) is 0 Å². The molecule has 0 atom stereocenters. The van der Waals surface area contributed by atoms with Gasteiger partial charge in [0, 0.05) is 39.4 Å². The summed E-state index contributed by atoms with van der Waals surface area (Å²) >= 11 is 0. The second-order valence-electron chi connectivity index (χ2n) is 7.76. The molecule has 1 saturated heterocycles. The van der Waals surface area contributed by atoms with Crippen LogP contribution in [0.5, 0.6) is 0 Å². The van der Waals surface area contributed by atoms with Gasteiger partial charge >= 0.3 is 10.2 Å². The number of piperidine rings is 1. The Morgan fingerprint density at radius 2 is 1.61 bits per heavy atom. The van der Waals surface area contributed by atoms with Crippen LogP contribution in [0, 0.1) is 5.82 Å². The van der Waals surface area contributed by atoms with E-state index >= 15 is 0 Å². The number of anilines is 2. The molecule has 9 heteroatoms. The molecule has 0 bridgehead atoms. The molecule has 31 heavy (non-hydrogen) atoms. The van der Waals surface area contributed by atoms with E-state index in [-0.39, 0.29) is 5.69 Å². The zero-order chi connectivity index (χ0) is 22.4. The molecule has 1 N–H and O–H groups in total. The molecule has 1 amide bonds. The first-order chi connectivity index (χ1) is 14.8. The minimum atomic E-state index is -3.92. The lowest BCUT2D eigenvalue weighted by Crippen LogP contribution is -2.45. The number of rotatable bonds is 8. The SMILES string of the molecule is CN(C)S(=O)(=O)N(CC(=O)NCc1ccc(N2CCCCC2)cc1)c1ccc(F)cc1. The van der Waals surface area contributed by atoms with E-state index in [4.69, 9.17) is 0 Å². The van der Waals surface area contributed by atoms with Crippen molar-refractivity contribution in [2.45, 2.75) is 25.8 Å². The molecule has 168 valence electrons. The molecule has 2 aromatic rings. The van der Waals surface area contributed by atoms with Crippen molar-refractivity contribution in [3.63, 3.8) is 0 Å². The average molecular weight is 449 g/mol. The highest BCUT2D eigenvalue weighted by atomic mass is 32.2. The van der Waals surface area contributed by atoms with Crippen molar-refractivity contribution in [1.29, 1.82) is 0 Å². The molecule has 7 nitrogen and oxygen atoms in total. The molecule has 1 aliphatic heterocycles. The zero-order valence-electron chi connectivity index (χ0n) is 17.9. The molecule has 1 heterocycles. The Labute approximate surface area is 183 Å². The number of halogens is 1. The quantitative estimate of drug-likeness (QED) is 0.674. The fraction of sp³-hybridized carbons (Fsp3) is 0.409. The van der Waals surface area contributed by atoms with Crippen LogP contribution in [0.25, 0.3) is 0 Å². The Kier molecular flexibility index (Phi) is 7.50. The summed E-state index contributed by atoms with van der Waals surface area (Å²) in [6, 6.07) is 13.0. The molecule has 0 aromatic heterocycles. The number of nitrogens with one attached hydrogen (secondary N) is 1. The first kappa shape index (κ1) is 23.0.